The van der Waals surface area contributed by atoms with E-state index in [0.29, 0.717) is 5.46 Å². The van der Waals surface area contributed by atoms with Crippen LogP contribution in [0, 0.1) is 0 Å². The molecular formula is C10H15BN2O2. The van der Waals surface area contributed by atoms with E-state index in [1.165, 1.54) is 0 Å². The van der Waals surface area contributed by atoms with Crippen LogP contribution in [0.4, 0.5) is 5.69 Å². The Morgan fingerprint density at radius 3 is 2.60 bits per heavy atom. The first-order valence-electron chi connectivity index (χ1n) is 5.19. The quantitative estimate of drug-likeness (QED) is 0.530. The summed E-state index contributed by atoms with van der Waals surface area (Å²) < 4.78 is 0. The normalized spacial score (nSPS) is 16.5. The summed E-state index contributed by atoms with van der Waals surface area (Å²) in [6, 6.07) is 7.40. The third-order valence-electron chi connectivity index (χ3n) is 2.65. The molecule has 1 aliphatic heterocycles. The van der Waals surface area contributed by atoms with Crippen LogP contribution in [0.1, 0.15) is 0 Å². The van der Waals surface area contributed by atoms with E-state index in [2.05, 4.69) is 10.2 Å². The lowest BCUT2D eigenvalue weighted by Crippen LogP contribution is -2.44. The molecule has 1 aromatic rings. The summed E-state index contributed by atoms with van der Waals surface area (Å²) in [6.45, 7) is 3.88. The van der Waals surface area contributed by atoms with Crippen LogP contribution >= 0.6 is 0 Å². The third-order valence-corrected chi connectivity index (χ3v) is 2.65. The number of nitrogens with one attached hydrogen (secondary N) is 1. The molecule has 1 fully saturated rings. The van der Waals surface area contributed by atoms with Crippen molar-refractivity contribution >= 4 is 18.3 Å². The Balaban J connectivity index is 2.16. The predicted octanol–water partition coefficient (Wildman–Crippen LogP) is -1.22. The molecule has 15 heavy (non-hydrogen) atoms. The third kappa shape index (κ3) is 2.50. The topological polar surface area (TPSA) is 55.7 Å². The lowest BCUT2D eigenvalue weighted by Gasteiger charge is -2.29. The molecule has 1 heterocycles. The molecule has 1 saturated heterocycles. The second kappa shape index (κ2) is 4.66. The molecule has 0 atom stereocenters. The Bertz CT molecular complexity index is 327. The summed E-state index contributed by atoms with van der Waals surface area (Å²) in [5.74, 6) is 0. The zero-order chi connectivity index (χ0) is 10.7. The minimum Gasteiger partial charge on any atom is -0.423 e. The highest BCUT2D eigenvalue weighted by Crippen LogP contribution is 2.12. The van der Waals surface area contributed by atoms with E-state index >= 15 is 0 Å². The molecule has 80 valence electrons. The Morgan fingerprint density at radius 2 is 1.93 bits per heavy atom. The van der Waals surface area contributed by atoms with Crippen molar-refractivity contribution in [2.75, 3.05) is 31.1 Å². The summed E-state index contributed by atoms with van der Waals surface area (Å²) in [7, 11) is -1.38. The molecule has 2 rings (SSSR count). The standard InChI is InChI=1S/C10H15BN2O2/c14-11(15)9-2-1-3-10(8-9)13-6-4-12-5-7-13/h1-3,8,12,14-15H,4-7H2. The smallest absolute Gasteiger partial charge is 0.423 e. The van der Waals surface area contributed by atoms with Gasteiger partial charge < -0.3 is 20.3 Å². The molecule has 0 saturated carbocycles. The SMILES string of the molecule is OB(O)c1cccc(N2CCNCC2)c1. The van der Waals surface area contributed by atoms with Gasteiger partial charge in [-0.3, -0.25) is 0 Å². The van der Waals surface area contributed by atoms with E-state index in [1.807, 2.05) is 18.2 Å². The number of piperazine rings is 1. The van der Waals surface area contributed by atoms with Crippen LogP contribution in [0.15, 0.2) is 24.3 Å². The van der Waals surface area contributed by atoms with Gasteiger partial charge in [0.05, 0.1) is 0 Å². The van der Waals surface area contributed by atoms with Gasteiger partial charge in [0.25, 0.3) is 0 Å². The first kappa shape index (κ1) is 10.5. The second-order valence-corrected chi connectivity index (χ2v) is 3.71. The zero-order valence-corrected chi connectivity index (χ0v) is 8.56. The van der Waals surface area contributed by atoms with E-state index in [0.717, 1.165) is 31.9 Å². The van der Waals surface area contributed by atoms with Crippen LogP contribution in [0.2, 0.25) is 0 Å². The summed E-state index contributed by atoms with van der Waals surface area (Å²) in [4.78, 5) is 2.24. The lowest BCUT2D eigenvalue weighted by atomic mass is 9.80. The van der Waals surface area contributed by atoms with Gasteiger partial charge in [0, 0.05) is 31.9 Å². The summed E-state index contributed by atoms with van der Waals surface area (Å²) in [5, 5.41) is 21.4. The first-order chi connectivity index (χ1) is 7.27. The van der Waals surface area contributed by atoms with Gasteiger partial charge in [-0.25, -0.2) is 0 Å². The van der Waals surface area contributed by atoms with Crippen molar-refractivity contribution in [1.29, 1.82) is 0 Å². The maximum atomic E-state index is 9.07. The molecule has 0 spiro atoms. The van der Waals surface area contributed by atoms with E-state index in [4.69, 9.17) is 10.0 Å². The Kier molecular flexibility index (Phi) is 3.25. The molecule has 4 nitrogen and oxygen atoms in total. The predicted molar refractivity (Wildman–Crippen MR) is 61.4 cm³/mol. The fourth-order valence-corrected chi connectivity index (χ4v) is 1.81. The van der Waals surface area contributed by atoms with Crippen molar-refractivity contribution in [1.82, 2.24) is 5.32 Å². The van der Waals surface area contributed by atoms with E-state index in [9.17, 15) is 0 Å². The lowest BCUT2D eigenvalue weighted by molar-refractivity contribution is 0.426. The summed E-state index contributed by atoms with van der Waals surface area (Å²) >= 11 is 0. The second-order valence-electron chi connectivity index (χ2n) is 3.71. The molecule has 0 amide bonds. The molecule has 1 aromatic carbocycles. The fourth-order valence-electron chi connectivity index (χ4n) is 1.81. The van der Waals surface area contributed by atoms with E-state index < -0.39 is 7.12 Å². The number of rotatable bonds is 2. The van der Waals surface area contributed by atoms with Gasteiger partial charge in [-0.2, -0.15) is 0 Å². The van der Waals surface area contributed by atoms with Crippen molar-refractivity contribution in [3.63, 3.8) is 0 Å². The Morgan fingerprint density at radius 1 is 1.20 bits per heavy atom. The van der Waals surface area contributed by atoms with Crippen LogP contribution in [0.3, 0.4) is 0 Å². The summed E-state index contributed by atoms with van der Waals surface area (Å²) in [6.07, 6.45) is 0. The molecule has 3 N–H and O–H groups in total. The largest absolute Gasteiger partial charge is 0.488 e. The van der Waals surface area contributed by atoms with Crippen molar-refractivity contribution in [2.45, 2.75) is 0 Å². The van der Waals surface area contributed by atoms with Crippen molar-refractivity contribution < 1.29 is 10.0 Å². The molecular weight excluding hydrogens is 191 g/mol. The number of hydrogen-bond donors (Lipinski definition) is 3. The molecule has 0 aliphatic carbocycles. The van der Waals surface area contributed by atoms with Crippen LogP contribution in [0.25, 0.3) is 0 Å². The van der Waals surface area contributed by atoms with Gasteiger partial charge in [0.15, 0.2) is 0 Å². The van der Waals surface area contributed by atoms with Crippen LogP contribution in [-0.4, -0.2) is 43.3 Å². The maximum absolute atomic E-state index is 9.07. The van der Waals surface area contributed by atoms with Crippen LogP contribution in [-0.2, 0) is 0 Å². The van der Waals surface area contributed by atoms with Gasteiger partial charge >= 0.3 is 7.12 Å². The highest BCUT2D eigenvalue weighted by atomic mass is 16.4. The molecule has 1 aliphatic rings. The van der Waals surface area contributed by atoms with Gasteiger partial charge in [-0.1, -0.05) is 12.1 Å². The van der Waals surface area contributed by atoms with E-state index in [1.54, 1.807) is 6.07 Å². The van der Waals surface area contributed by atoms with Crippen molar-refractivity contribution in [3.05, 3.63) is 24.3 Å². The molecule has 0 unspecified atom stereocenters. The van der Waals surface area contributed by atoms with Gasteiger partial charge in [0.1, 0.15) is 0 Å². The average Bonchev–Trinajstić information content (AvgIpc) is 2.30. The van der Waals surface area contributed by atoms with E-state index in [-0.39, 0.29) is 0 Å². The van der Waals surface area contributed by atoms with Gasteiger partial charge in [0.2, 0.25) is 0 Å². The molecule has 0 bridgehead atoms. The molecule has 0 aromatic heterocycles. The van der Waals surface area contributed by atoms with Crippen LogP contribution in [0.5, 0.6) is 0 Å². The summed E-state index contributed by atoms with van der Waals surface area (Å²) in [5.41, 5.74) is 1.60. The zero-order valence-electron chi connectivity index (χ0n) is 8.56. The molecule has 5 heteroatoms. The highest BCUT2D eigenvalue weighted by molar-refractivity contribution is 6.58. The number of nitrogens with zero attached hydrogens (tertiary/aromatic N) is 1. The van der Waals surface area contributed by atoms with Crippen LogP contribution < -0.4 is 15.7 Å². The average molecular weight is 206 g/mol. The van der Waals surface area contributed by atoms with Crippen molar-refractivity contribution in [2.24, 2.45) is 0 Å². The van der Waals surface area contributed by atoms with Gasteiger partial charge in [-0.15, -0.1) is 0 Å². The maximum Gasteiger partial charge on any atom is 0.488 e. The minimum absolute atomic E-state index is 0.547. The Labute approximate surface area is 89.7 Å². The van der Waals surface area contributed by atoms with Crippen molar-refractivity contribution in [3.8, 4) is 0 Å². The van der Waals surface area contributed by atoms with Gasteiger partial charge in [-0.05, 0) is 17.6 Å². The first-order valence-corrected chi connectivity index (χ1v) is 5.19. The molecule has 0 radical (unpaired) electrons. The number of hydrogen-bond acceptors (Lipinski definition) is 4. The number of benzene rings is 1. The highest BCUT2D eigenvalue weighted by Gasteiger charge is 2.14. The fraction of sp³-hybridized carbons (Fsp3) is 0.400. The monoisotopic (exact) mass is 206 g/mol. The number of anilines is 1. The minimum atomic E-state index is -1.38. The Hall–Kier alpha value is -1.04.